The fraction of sp³-hybridized carbons (Fsp3) is 0.818. The molecule has 0 aromatic heterocycles. The first kappa shape index (κ1) is 9.22. The van der Waals surface area contributed by atoms with Crippen LogP contribution in [0.3, 0.4) is 0 Å². The van der Waals surface area contributed by atoms with Crippen molar-refractivity contribution < 1.29 is 4.74 Å². The summed E-state index contributed by atoms with van der Waals surface area (Å²) in [7, 11) is 1.84. The van der Waals surface area contributed by atoms with E-state index in [4.69, 9.17) is 4.74 Å². The summed E-state index contributed by atoms with van der Waals surface area (Å²) in [5.74, 6) is 0. The molecule has 2 atom stereocenters. The first-order chi connectivity index (χ1) is 6.35. The van der Waals surface area contributed by atoms with E-state index in [0.29, 0.717) is 6.10 Å². The van der Waals surface area contributed by atoms with Gasteiger partial charge in [0.25, 0.3) is 0 Å². The number of nitrogens with zero attached hydrogens (tertiary/aromatic N) is 1. The number of methoxy groups -OCH3 is 1. The highest BCUT2D eigenvalue weighted by Gasteiger charge is 2.39. The summed E-state index contributed by atoms with van der Waals surface area (Å²) in [6.45, 7) is 4.88. The zero-order valence-corrected chi connectivity index (χ0v) is 8.41. The molecule has 0 aromatic rings. The van der Waals surface area contributed by atoms with Gasteiger partial charge in [0.15, 0.2) is 0 Å². The van der Waals surface area contributed by atoms with Crippen molar-refractivity contribution in [3.05, 3.63) is 12.7 Å². The molecule has 2 saturated heterocycles. The molecular formula is C11H19NO. The first-order valence-electron chi connectivity index (χ1n) is 5.24. The van der Waals surface area contributed by atoms with Crippen LogP contribution in [0.25, 0.3) is 0 Å². The van der Waals surface area contributed by atoms with Gasteiger partial charge in [-0.25, -0.2) is 0 Å². The van der Waals surface area contributed by atoms with Crippen molar-refractivity contribution in [3.63, 3.8) is 0 Å². The van der Waals surface area contributed by atoms with Gasteiger partial charge < -0.3 is 4.74 Å². The van der Waals surface area contributed by atoms with Gasteiger partial charge >= 0.3 is 0 Å². The van der Waals surface area contributed by atoms with E-state index < -0.39 is 0 Å². The molecule has 0 aromatic carbocycles. The largest absolute Gasteiger partial charge is 0.381 e. The monoisotopic (exact) mass is 181 g/mol. The molecule has 0 saturated carbocycles. The molecule has 0 amide bonds. The number of hydrogen-bond acceptors (Lipinski definition) is 2. The number of fused-ring (bicyclic) bond motifs is 2. The topological polar surface area (TPSA) is 12.5 Å². The predicted molar refractivity (Wildman–Crippen MR) is 53.7 cm³/mol. The fourth-order valence-corrected chi connectivity index (χ4v) is 2.86. The lowest BCUT2D eigenvalue weighted by atomic mass is 10.00. The second kappa shape index (κ2) is 3.81. The third-order valence-corrected chi connectivity index (χ3v) is 3.51. The molecule has 2 aliphatic heterocycles. The predicted octanol–water partition coefficient (Wildman–Crippen LogP) is 1.81. The minimum Gasteiger partial charge on any atom is -0.381 e. The molecule has 2 heteroatoms. The lowest BCUT2D eigenvalue weighted by Gasteiger charge is -2.37. The van der Waals surface area contributed by atoms with Crippen molar-refractivity contribution >= 4 is 0 Å². The highest BCUT2D eigenvalue weighted by atomic mass is 16.5. The van der Waals surface area contributed by atoms with E-state index in [1.807, 2.05) is 13.2 Å². The maximum absolute atomic E-state index is 5.45. The molecule has 2 bridgehead atoms. The van der Waals surface area contributed by atoms with E-state index in [1.54, 1.807) is 0 Å². The van der Waals surface area contributed by atoms with E-state index in [-0.39, 0.29) is 0 Å². The lowest BCUT2D eigenvalue weighted by molar-refractivity contribution is 0.0106. The Bertz CT molecular complexity index is 179. The minimum atomic E-state index is 0.513. The maximum Gasteiger partial charge on any atom is 0.0601 e. The van der Waals surface area contributed by atoms with Gasteiger partial charge in [-0.3, -0.25) is 4.90 Å². The van der Waals surface area contributed by atoms with Crippen LogP contribution in [0.15, 0.2) is 12.7 Å². The van der Waals surface area contributed by atoms with Crippen LogP contribution in [0.1, 0.15) is 25.7 Å². The van der Waals surface area contributed by atoms with E-state index in [9.17, 15) is 0 Å². The Morgan fingerprint density at radius 1 is 1.38 bits per heavy atom. The van der Waals surface area contributed by atoms with Crippen LogP contribution in [0.4, 0.5) is 0 Å². The third-order valence-electron chi connectivity index (χ3n) is 3.51. The average Bonchev–Trinajstić information content (AvgIpc) is 2.39. The Morgan fingerprint density at radius 2 is 2.00 bits per heavy atom. The molecule has 2 aliphatic rings. The van der Waals surface area contributed by atoms with Crippen LogP contribution < -0.4 is 0 Å². The van der Waals surface area contributed by atoms with Crippen molar-refractivity contribution in [3.8, 4) is 0 Å². The molecule has 0 N–H and O–H groups in total. The maximum atomic E-state index is 5.45. The van der Waals surface area contributed by atoms with Gasteiger partial charge in [-0.2, -0.15) is 0 Å². The van der Waals surface area contributed by atoms with Crippen molar-refractivity contribution in [2.75, 3.05) is 13.7 Å². The Kier molecular flexibility index (Phi) is 2.70. The van der Waals surface area contributed by atoms with Gasteiger partial charge in [0.05, 0.1) is 6.10 Å². The molecule has 0 aliphatic carbocycles. The van der Waals surface area contributed by atoms with Gasteiger partial charge in [-0.05, 0) is 25.7 Å². The van der Waals surface area contributed by atoms with Crippen LogP contribution in [0.5, 0.6) is 0 Å². The van der Waals surface area contributed by atoms with Crippen LogP contribution in [-0.2, 0) is 4.74 Å². The highest BCUT2D eigenvalue weighted by molar-refractivity contribution is 4.97. The second-order valence-corrected chi connectivity index (χ2v) is 4.20. The minimum absolute atomic E-state index is 0.513. The van der Waals surface area contributed by atoms with Gasteiger partial charge in [0, 0.05) is 25.7 Å². The van der Waals surface area contributed by atoms with Gasteiger partial charge in [-0.15, -0.1) is 6.58 Å². The summed E-state index contributed by atoms with van der Waals surface area (Å²) >= 11 is 0. The molecule has 2 heterocycles. The van der Waals surface area contributed by atoms with Crippen molar-refractivity contribution in [2.24, 2.45) is 0 Å². The summed E-state index contributed by atoms with van der Waals surface area (Å²) in [6.07, 6.45) is 7.70. The molecule has 2 unspecified atom stereocenters. The van der Waals surface area contributed by atoms with E-state index in [1.165, 1.54) is 25.7 Å². The number of hydrogen-bond donors (Lipinski definition) is 0. The van der Waals surface area contributed by atoms with Gasteiger partial charge in [-0.1, -0.05) is 6.08 Å². The lowest BCUT2D eigenvalue weighted by Crippen LogP contribution is -2.45. The molecule has 13 heavy (non-hydrogen) atoms. The number of piperidine rings is 1. The smallest absolute Gasteiger partial charge is 0.0601 e. The fourth-order valence-electron chi connectivity index (χ4n) is 2.86. The van der Waals surface area contributed by atoms with Crippen LogP contribution in [0.2, 0.25) is 0 Å². The molecule has 2 rings (SSSR count). The standard InChI is InChI=1S/C11H19NO/c1-3-6-12-9-4-5-10(12)8-11(7-9)13-2/h3,9-11H,1,4-8H2,2H3. The Labute approximate surface area is 80.6 Å². The Morgan fingerprint density at radius 3 is 2.46 bits per heavy atom. The zero-order chi connectivity index (χ0) is 9.26. The summed E-state index contributed by atoms with van der Waals surface area (Å²) in [6, 6.07) is 1.53. The van der Waals surface area contributed by atoms with Crippen molar-refractivity contribution in [1.82, 2.24) is 4.90 Å². The van der Waals surface area contributed by atoms with Crippen LogP contribution in [0, 0.1) is 0 Å². The van der Waals surface area contributed by atoms with Crippen LogP contribution >= 0.6 is 0 Å². The van der Waals surface area contributed by atoms with Gasteiger partial charge in [0.1, 0.15) is 0 Å². The number of ether oxygens (including phenoxy) is 1. The first-order valence-corrected chi connectivity index (χ1v) is 5.24. The SMILES string of the molecule is C=CCN1C2CCC1CC(OC)C2. The van der Waals surface area contributed by atoms with Crippen molar-refractivity contribution in [1.29, 1.82) is 0 Å². The van der Waals surface area contributed by atoms with Gasteiger partial charge in [0.2, 0.25) is 0 Å². The second-order valence-electron chi connectivity index (χ2n) is 4.20. The third kappa shape index (κ3) is 1.65. The average molecular weight is 181 g/mol. The molecule has 2 nitrogen and oxygen atoms in total. The normalized spacial score (nSPS) is 39.3. The summed E-state index contributed by atoms with van der Waals surface area (Å²) < 4.78 is 5.45. The molecular weight excluding hydrogens is 162 g/mol. The molecule has 0 spiro atoms. The highest BCUT2D eigenvalue weighted by Crippen LogP contribution is 2.36. The summed E-state index contributed by atoms with van der Waals surface area (Å²) in [5, 5.41) is 0. The Balaban J connectivity index is 2.00. The molecule has 2 fully saturated rings. The van der Waals surface area contributed by atoms with E-state index in [0.717, 1.165) is 18.6 Å². The van der Waals surface area contributed by atoms with E-state index in [2.05, 4.69) is 11.5 Å². The zero-order valence-electron chi connectivity index (χ0n) is 8.41. The number of rotatable bonds is 3. The van der Waals surface area contributed by atoms with Crippen LogP contribution in [-0.4, -0.2) is 36.7 Å². The quantitative estimate of drug-likeness (QED) is 0.616. The molecule has 74 valence electrons. The van der Waals surface area contributed by atoms with E-state index >= 15 is 0 Å². The molecule has 0 radical (unpaired) electrons. The Hall–Kier alpha value is -0.340. The summed E-state index contributed by atoms with van der Waals surface area (Å²) in [4.78, 5) is 2.60. The summed E-state index contributed by atoms with van der Waals surface area (Å²) in [5.41, 5.74) is 0. The van der Waals surface area contributed by atoms with Crippen molar-refractivity contribution in [2.45, 2.75) is 43.9 Å².